The maximum Gasteiger partial charge on any atom is 0.0488 e. The second-order valence-electron chi connectivity index (χ2n) is 18.5. The van der Waals surface area contributed by atoms with Gasteiger partial charge in [0, 0.05) is 39.5 Å². The summed E-state index contributed by atoms with van der Waals surface area (Å²) in [6.07, 6.45) is 0. The molecule has 0 aliphatic heterocycles. The van der Waals surface area contributed by atoms with E-state index in [1.54, 1.807) is 0 Å². The highest BCUT2D eigenvalue weighted by molar-refractivity contribution is 6.06. The third kappa shape index (κ3) is 7.57. The molecule has 0 amide bonds. The molecule has 11 aromatic rings. The van der Waals surface area contributed by atoms with Crippen molar-refractivity contribution in [2.75, 3.05) is 9.80 Å². The first-order valence-electron chi connectivity index (χ1n) is 23.9. The van der Waals surface area contributed by atoms with Gasteiger partial charge in [0.25, 0.3) is 0 Å². The normalized spacial score (nSPS) is 12.3. The zero-order chi connectivity index (χ0) is 46.3. The molecule has 69 heavy (non-hydrogen) atoms. The van der Waals surface area contributed by atoms with E-state index in [4.69, 9.17) is 0 Å². The highest BCUT2D eigenvalue weighted by Gasteiger charge is 2.36. The summed E-state index contributed by atoms with van der Waals surface area (Å²) in [4.78, 5) is 4.85. The van der Waals surface area contributed by atoms with E-state index >= 15 is 0 Å². The fourth-order valence-electron chi connectivity index (χ4n) is 10.7. The highest BCUT2D eigenvalue weighted by atomic mass is 15.2. The molecule has 0 fully saturated rings. The minimum absolute atomic E-state index is 0.164. The summed E-state index contributed by atoms with van der Waals surface area (Å²) in [5.41, 5.74) is 21.0. The molecule has 1 aliphatic carbocycles. The smallest absolute Gasteiger partial charge is 0.0488 e. The summed E-state index contributed by atoms with van der Waals surface area (Å²) in [6.45, 7) is 4.72. The lowest BCUT2D eigenvalue weighted by atomic mass is 9.82. The monoisotopic (exact) mass is 882 g/mol. The molecule has 1 aliphatic rings. The van der Waals surface area contributed by atoms with E-state index in [-0.39, 0.29) is 5.41 Å². The summed E-state index contributed by atoms with van der Waals surface area (Å²) in [5, 5.41) is 2.45. The Kier molecular flexibility index (Phi) is 10.6. The minimum Gasteiger partial charge on any atom is -0.310 e. The Morgan fingerprint density at radius 1 is 0.261 bits per heavy atom. The van der Waals surface area contributed by atoms with Gasteiger partial charge >= 0.3 is 0 Å². The molecule has 0 bridgehead atoms. The summed E-state index contributed by atoms with van der Waals surface area (Å²) in [7, 11) is 0. The van der Waals surface area contributed by atoms with Crippen molar-refractivity contribution < 1.29 is 0 Å². The Bertz CT molecular complexity index is 3620. The summed E-state index contributed by atoms with van der Waals surface area (Å²) in [6, 6.07) is 97.5. The van der Waals surface area contributed by atoms with E-state index in [1.807, 2.05) is 0 Å². The number of para-hydroxylation sites is 2. The molecule has 0 aromatic heterocycles. The van der Waals surface area contributed by atoms with Crippen LogP contribution in [0, 0.1) is 0 Å². The Hall–Kier alpha value is -8.72. The minimum atomic E-state index is -0.164. The van der Waals surface area contributed by atoms with Crippen molar-refractivity contribution in [2.24, 2.45) is 0 Å². The van der Waals surface area contributed by atoms with Crippen LogP contribution >= 0.6 is 0 Å². The van der Waals surface area contributed by atoms with E-state index in [0.29, 0.717) is 0 Å². The van der Waals surface area contributed by atoms with E-state index in [9.17, 15) is 0 Å². The summed E-state index contributed by atoms with van der Waals surface area (Å²) < 4.78 is 0. The van der Waals surface area contributed by atoms with Crippen LogP contribution in [0.2, 0.25) is 0 Å². The fourth-order valence-corrected chi connectivity index (χ4v) is 10.7. The van der Waals surface area contributed by atoms with Crippen LogP contribution in [0.15, 0.2) is 267 Å². The van der Waals surface area contributed by atoms with Crippen LogP contribution in [0.3, 0.4) is 0 Å². The molecule has 0 N–H and O–H groups in total. The van der Waals surface area contributed by atoms with E-state index in [0.717, 1.165) is 45.3 Å². The van der Waals surface area contributed by atoms with Crippen LogP contribution in [-0.4, -0.2) is 0 Å². The van der Waals surface area contributed by atoms with Crippen molar-refractivity contribution in [3.05, 3.63) is 278 Å². The van der Waals surface area contributed by atoms with Gasteiger partial charge in [-0.25, -0.2) is 0 Å². The number of nitrogens with zero attached hydrogens (tertiary/aromatic N) is 2. The zero-order valence-corrected chi connectivity index (χ0v) is 38.8. The van der Waals surface area contributed by atoms with Crippen LogP contribution in [0.25, 0.3) is 66.4 Å². The third-order valence-corrected chi connectivity index (χ3v) is 14.0. The number of rotatable bonds is 10. The molecule has 0 atom stereocenters. The molecule has 0 radical (unpaired) electrons. The topological polar surface area (TPSA) is 6.48 Å². The Labute approximate surface area is 405 Å². The predicted molar refractivity (Wildman–Crippen MR) is 293 cm³/mol. The van der Waals surface area contributed by atoms with E-state index < -0.39 is 0 Å². The molecule has 0 saturated carbocycles. The van der Waals surface area contributed by atoms with Crippen molar-refractivity contribution in [2.45, 2.75) is 19.3 Å². The largest absolute Gasteiger partial charge is 0.310 e. The standard InChI is InChI=1S/C67H50N2/c1-67(2)64-34-20-19-33-61(64)62-42-40-55(46-65(62)67)69(53-28-13-6-14-29-53)57-44-51(43-56(45-57)68(52-26-11-5-12-27-52)54-38-35-48(36-39-54)47-21-7-3-8-22-47)58-30-17-18-32-60(58)63-41-37-49-23-15-16-31-59(49)66(63)50-24-9-4-10-25-50/h3-46H,1-2H3. The van der Waals surface area contributed by atoms with Gasteiger partial charge in [0.2, 0.25) is 0 Å². The number of hydrogen-bond donors (Lipinski definition) is 0. The molecule has 2 nitrogen and oxygen atoms in total. The highest BCUT2D eigenvalue weighted by Crippen LogP contribution is 2.52. The molecular weight excluding hydrogens is 833 g/mol. The molecule has 0 unspecified atom stereocenters. The molecule has 0 spiro atoms. The van der Waals surface area contributed by atoms with Crippen molar-refractivity contribution >= 4 is 44.9 Å². The molecule has 11 aromatic carbocycles. The lowest BCUT2D eigenvalue weighted by molar-refractivity contribution is 0.660. The lowest BCUT2D eigenvalue weighted by Crippen LogP contribution is -2.17. The Morgan fingerprint density at radius 3 is 1.39 bits per heavy atom. The molecule has 0 saturated heterocycles. The van der Waals surface area contributed by atoms with Crippen LogP contribution in [0.4, 0.5) is 34.1 Å². The summed E-state index contributed by atoms with van der Waals surface area (Å²) in [5.74, 6) is 0. The quantitative estimate of drug-likeness (QED) is 0.135. The first kappa shape index (κ1) is 41.7. The Balaban J connectivity index is 1.11. The van der Waals surface area contributed by atoms with Gasteiger partial charge in [-0.05, 0) is 144 Å². The van der Waals surface area contributed by atoms with Gasteiger partial charge in [0.15, 0.2) is 0 Å². The van der Waals surface area contributed by atoms with E-state index in [2.05, 4.69) is 291 Å². The third-order valence-electron chi connectivity index (χ3n) is 14.0. The van der Waals surface area contributed by atoms with Crippen LogP contribution in [0.5, 0.6) is 0 Å². The van der Waals surface area contributed by atoms with Gasteiger partial charge < -0.3 is 9.80 Å². The van der Waals surface area contributed by atoms with Crippen molar-refractivity contribution in [1.29, 1.82) is 0 Å². The van der Waals surface area contributed by atoms with Crippen molar-refractivity contribution in [3.63, 3.8) is 0 Å². The van der Waals surface area contributed by atoms with Gasteiger partial charge in [-0.15, -0.1) is 0 Å². The SMILES string of the molecule is CC1(C)c2ccccc2-c2ccc(N(c3ccccc3)c3cc(-c4ccccc4-c4ccc5ccccc5c4-c4ccccc4)cc(N(c4ccccc4)c4ccc(-c5ccccc5)cc4)c3)cc21. The van der Waals surface area contributed by atoms with Gasteiger partial charge in [-0.3, -0.25) is 0 Å². The number of anilines is 6. The van der Waals surface area contributed by atoms with E-state index in [1.165, 1.54) is 66.4 Å². The number of hydrogen-bond acceptors (Lipinski definition) is 2. The van der Waals surface area contributed by atoms with Gasteiger partial charge in [0.1, 0.15) is 0 Å². The maximum absolute atomic E-state index is 2.45. The Morgan fingerprint density at radius 2 is 0.725 bits per heavy atom. The number of fused-ring (bicyclic) bond motifs is 4. The van der Waals surface area contributed by atoms with Gasteiger partial charge in [0.05, 0.1) is 0 Å². The number of benzene rings is 11. The van der Waals surface area contributed by atoms with Crippen LogP contribution in [-0.2, 0) is 5.41 Å². The second kappa shape index (κ2) is 17.5. The summed E-state index contributed by atoms with van der Waals surface area (Å²) >= 11 is 0. The molecule has 12 rings (SSSR count). The van der Waals surface area contributed by atoms with Crippen LogP contribution in [0.1, 0.15) is 25.0 Å². The van der Waals surface area contributed by atoms with Gasteiger partial charge in [-0.1, -0.05) is 214 Å². The average molecular weight is 883 g/mol. The van der Waals surface area contributed by atoms with Crippen molar-refractivity contribution in [1.82, 2.24) is 0 Å². The zero-order valence-electron chi connectivity index (χ0n) is 38.8. The second-order valence-corrected chi connectivity index (χ2v) is 18.5. The van der Waals surface area contributed by atoms with Crippen molar-refractivity contribution in [3.8, 4) is 55.6 Å². The maximum atomic E-state index is 2.45. The molecule has 2 heteroatoms. The average Bonchev–Trinajstić information content (AvgIpc) is 3.64. The first-order chi connectivity index (χ1) is 34.0. The van der Waals surface area contributed by atoms with Crippen LogP contribution < -0.4 is 9.80 Å². The molecular formula is C67H50N2. The molecule has 328 valence electrons. The lowest BCUT2D eigenvalue weighted by Gasteiger charge is -2.31. The molecule has 0 heterocycles. The first-order valence-corrected chi connectivity index (χ1v) is 23.9. The fraction of sp³-hybridized carbons (Fsp3) is 0.0448. The predicted octanol–water partition coefficient (Wildman–Crippen LogP) is 18.8. The van der Waals surface area contributed by atoms with Gasteiger partial charge in [-0.2, -0.15) is 0 Å².